The maximum Gasteiger partial charge on any atom is 0.326 e. The van der Waals surface area contributed by atoms with Gasteiger partial charge in [-0.3, -0.25) is 0 Å². The van der Waals surface area contributed by atoms with Crippen LogP contribution in [-0.2, 0) is 17.8 Å². The van der Waals surface area contributed by atoms with Crippen LogP contribution in [0.1, 0.15) is 25.0 Å². The average Bonchev–Trinajstić information content (AvgIpc) is 2.65. The van der Waals surface area contributed by atoms with Gasteiger partial charge in [0.05, 0.1) is 11.0 Å². The van der Waals surface area contributed by atoms with E-state index in [2.05, 4.69) is 5.32 Å². The van der Waals surface area contributed by atoms with Crippen LogP contribution < -0.4 is 5.32 Å². The summed E-state index contributed by atoms with van der Waals surface area (Å²) >= 11 is 5.67. The predicted molar refractivity (Wildman–Crippen MR) is 109 cm³/mol. The minimum Gasteiger partial charge on any atom is -0.480 e. The first-order valence-electron chi connectivity index (χ1n) is 8.87. The van der Waals surface area contributed by atoms with Crippen molar-refractivity contribution in [1.82, 2.24) is 10.2 Å². The summed E-state index contributed by atoms with van der Waals surface area (Å²) in [4.78, 5) is 14.6. The van der Waals surface area contributed by atoms with Crippen molar-refractivity contribution in [2.75, 3.05) is 6.54 Å². The number of likely N-dealkylation sites (N-methyl/N-ethyl adjacent to an activating group) is 1. The van der Waals surface area contributed by atoms with E-state index in [1.807, 2.05) is 79.4 Å². The first kappa shape index (κ1) is 20.1. The Morgan fingerprint density at radius 3 is 2.12 bits per heavy atom. The van der Waals surface area contributed by atoms with Gasteiger partial charge in [0, 0.05) is 13.0 Å². The van der Waals surface area contributed by atoms with Crippen LogP contribution in [0.3, 0.4) is 0 Å². The summed E-state index contributed by atoms with van der Waals surface area (Å²) in [5.41, 5.74) is 2.02. The van der Waals surface area contributed by atoms with Gasteiger partial charge in [-0.2, -0.15) is 0 Å². The highest BCUT2D eigenvalue weighted by Crippen LogP contribution is 2.16. The molecule has 4 nitrogen and oxygen atoms in total. The molecule has 0 bridgehead atoms. The second kappa shape index (κ2) is 10.0. The van der Waals surface area contributed by atoms with Crippen LogP contribution in [0.15, 0.2) is 60.7 Å². The Morgan fingerprint density at radius 1 is 1.08 bits per heavy atom. The molecular formula is C21H26N2O2S. The number of hydrogen-bond donors (Lipinski definition) is 2. The summed E-state index contributed by atoms with van der Waals surface area (Å²) in [6, 6.07) is 18.7. The maximum absolute atomic E-state index is 12.1. The fourth-order valence-electron chi connectivity index (χ4n) is 2.93. The molecule has 2 N–H and O–H groups in total. The molecule has 0 aliphatic carbocycles. The molecule has 0 amide bonds. The largest absolute Gasteiger partial charge is 0.480 e. The Labute approximate surface area is 160 Å². The van der Waals surface area contributed by atoms with Crippen LogP contribution in [0, 0.1) is 0 Å². The molecule has 0 radical (unpaired) electrons. The third kappa shape index (κ3) is 5.64. The lowest BCUT2D eigenvalue weighted by Gasteiger charge is -2.34. The first-order chi connectivity index (χ1) is 12.5. The fourth-order valence-corrected chi connectivity index (χ4v) is 3.21. The lowest BCUT2D eigenvalue weighted by molar-refractivity contribution is -0.141. The third-order valence-electron chi connectivity index (χ3n) is 4.29. The van der Waals surface area contributed by atoms with Crippen LogP contribution in [0.25, 0.3) is 0 Å². The van der Waals surface area contributed by atoms with Crippen molar-refractivity contribution in [2.24, 2.45) is 0 Å². The Balaban J connectivity index is 2.31. The monoisotopic (exact) mass is 370 g/mol. The highest BCUT2D eigenvalue weighted by Gasteiger charge is 2.29. The van der Waals surface area contributed by atoms with Gasteiger partial charge in [0.1, 0.15) is 6.04 Å². The number of nitrogens with one attached hydrogen (secondary N) is 1. The van der Waals surface area contributed by atoms with Gasteiger partial charge in [-0.15, -0.1) is 0 Å². The zero-order valence-corrected chi connectivity index (χ0v) is 16.1. The van der Waals surface area contributed by atoms with Crippen LogP contribution in [0.2, 0.25) is 0 Å². The van der Waals surface area contributed by atoms with Gasteiger partial charge in [-0.05, 0) is 24.6 Å². The standard InChI is InChI=1S/C21H26N2O2S/c1-3-22-16(2)20(26)23(15-18-12-8-5-9-13-18)19(21(24)25)14-17-10-6-4-7-11-17/h4-13,16,19,22H,3,14-15H2,1-2H3,(H,24,25). The molecule has 2 aromatic carbocycles. The van der Waals surface area contributed by atoms with Crippen molar-refractivity contribution in [3.05, 3.63) is 71.8 Å². The molecular weight excluding hydrogens is 344 g/mol. The second-order valence-corrected chi connectivity index (χ2v) is 6.69. The van der Waals surface area contributed by atoms with Crippen molar-refractivity contribution in [1.29, 1.82) is 0 Å². The number of rotatable bonds is 9. The van der Waals surface area contributed by atoms with Crippen molar-refractivity contribution >= 4 is 23.2 Å². The predicted octanol–water partition coefficient (Wildman–Crippen LogP) is 3.51. The van der Waals surface area contributed by atoms with Crippen molar-refractivity contribution in [2.45, 2.75) is 38.9 Å². The summed E-state index contributed by atoms with van der Waals surface area (Å²) in [6.45, 7) is 5.24. The minimum atomic E-state index is -0.865. The number of nitrogens with zero attached hydrogens (tertiary/aromatic N) is 1. The molecule has 0 saturated heterocycles. The number of aliphatic carboxylic acids is 1. The lowest BCUT2D eigenvalue weighted by Crippen LogP contribution is -2.51. The van der Waals surface area contributed by atoms with E-state index in [0.29, 0.717) is 18.0 Å². The summed E-state index contributed by atoms with van der Waals surface area (Å²) in [6.07, 6.45) is 0.405. The highest BCUT2D eigenvalue weighted by molar-refractivity contribution is 7.80. The molecule has 5 heteroatoms. The summed E-state index contributed by atoms with van der Waals surface area (Å²) in [7, 11) is 0. The van der Waals surface area contributed by atoms with E-state index in [0.717, 1.165) is 17.7 Å². The maximum atomic E-state index is 12.1. The Bertz CT molecular complexity index is 706. The Kier molecular flexibility index (Phi) is 7.75. The van der Waals surface area contributed by atoms with Gasteiger partial charge < -0.3 is 15.3 Å². The van der Waals surface area contributed by atoms with Crippen LogP contribution in [0.5, 0.6) is 0 Å². The average molecular weight is 371 g/mol. The molecule has 2 rings (SSSR count). The summed E-state index contributed by atoms with van der Waals surface area (Å²) in [5, 5.41) is 13.2. The lowest BCUT2D eigenvalue weighted by atomic mass is 10.0. The molecule has 0 spiro atoms. The van der Waals surface area contributed by atoms with Crippen molar-refractivity contribution < 1.29 is 9.90 Å². The molecule has 2 atom stereocenters. The molecule has 0 heterocycles. The topological polar surface area (TPSA) is 52.6 Å². The highest BCUT2D eigenvalue weighted by atomic mass is 32.1. The minimum absolute atomic E-state index is 0.0728. The molecule has 2 aromatic rings. The zero-order valence-electron chi connectivity index (χ0n) is 15.3. The van der Waals surface area contributed by atoms with E-state index in [9.17, 15) is 9.90 Å². The summed E-state index contributed by atoms with van der Waals surface area (Å²) in [5.74, 6) is -0.865. The van der Waals surface area contributed by atoms with Crippen LogP contribution in [-0.4, -0.2) is 39.6 Å². The second-order valence-electron chi connectivity index (χ2n) is 6.27. The number of carbonyl (C=O) groups is 1. The van der Waals surface area contributed by atoms with Gasteiger partial charge in [-0.25, -0.2) is 4.79 Å². The van der Waals surface area contributed by atoms with Crippen molar-refractivity contribution in [3.8, 4) is 0 Å². The number of thiocarbonyl (C=S) groups is 1. The zero-order chi connectivity index (χ0) is 18.9. The first-order valence-corrected chi connectivity index (χ1v) is 9.28. The van der Waals surface area contributed by atoms with Gasteiger partial charge in [0.2, 0.25) is 0 Å². The Morgan fingerprint density at radius 2 is 1.62 bits per heavy atom. The van der Waals surface area contributed by atoms with Crippen LogP contribution in [0.4, 0.5) is 0 Å². The quantitative estimate of drug-likeness (QED) is 0.662. The fraction of sp³-hybridized carbons (Fsp3) is 0.333. The van der Waals surface area contributed by atoms with E-state index in [1.54, 1.807) is 0 Å². The Hall–Kier alpha value is -2.24. The van der Waals surface area contributed by atoms with E-state index >= 15 is 0 Å². The molecule has 26 heavy (non-hydrogen) atoms. The molecule has 0 aromatic heterocycles. The van der Waals surface area contributed by atoms with Gasteiger partial charge in [-0.1, -0.05) is 79.8 Å². The van der Waals surface area contributed by atoms with E-state index in [4.69, 9.17) is 12.2 Å². The van der Waals surface area contributed by atoms with E-state index < -0.39 is 12.0 Å². The van der Waals surface area contributed by atoms with Gasteiger partial charge >= 0.3 is 5.97 Å². The van der Waals surface area contributed by atoms with Gasteiger partial charge in [0.25, 0.3) is 0 Å². The molecule has 0 aliphatic rings. The van der Waals surface area contributed by atoms with E-state index in [-0.39, 0.29) is 6.04 Å². The van der Waals surface area contributed by atoms with Crippen molar-refractivity contribution in [3.63, 3.8) is 0 Å². The molecule has 2 unspecified atom stereocenters. The molecule has 0 aliphatic heterocycles. The number of benzene rings is 2. The van der Waals surface area contributed by atoms with E-state index in [1.165, 1.54) is 0 Å². The third-order valence-corrected chi connectivity index (χ3v) is 4.88. The molecule has 0 fully saturated rings. The number of hydrogen-bond acceptors (Lipinski definition) is 3. The summed E-state index contributed by atoms with van der Waals surface area (Å²) < 4.78 is 0. The molecule has 0 saturated carbocycles. The normalized spacial score (nSPS) is 13.0. The number of carboxylic acid groups (broad SMARTS) is 1. The SMILES string of the molecule is CCNC(C)C(=S)N(Cc1ccccc1)C(Cc1ccccc1)C(=O)O. The number of carboxylic acids is 1. The molecule has 138 valence electrons. The van der Waals surface area contributed by atoms with Gasteiger partial charge in [0.15, 0.2) is 0 Å². The smallest absolute Gasteiger partial charge is 0.326 e. The van der Waals surface area contributed by atoms with Crippen LogP contribution >= 0.6 is 12.2 Å².